The second-order valence-electron chi connectivity index (χ2n) is 6.60. The molecule has 1 N–H and O–H groups in total. The zero-order valence-electron chi connectivity index (χ0n) is 14.5. The number of H-pyrrole nitrogens is 1. The molecule has 0 aromatic carbocycles. The van der Waals surface area contributed by atoms with Crippen LogP contribution in [0.4, 0.5) is 5.82 Å². The van der Waals surface area contributed by atoms with Gasteiger partial charge in [-0.15, -0.1) is 0 Å². The Morgan fingerprint density at radius 1 is 1.28 bits per heavy atom. The Bertz CT molecular complexity index is 754. The summed E-state index contributed by atoms with van der Waals surface area (Å²) >= 11 is 0. The van der Waals surface area contributed by atoms with Gasteiger partial charge in [0.25, 0.3) is 5.91 Å². The van der Waals surface area contributed by atoms with Crippen LogP contribution in [-0.2, 0) is 11.2 Å². The van der Waals surface area contributed by atoms with Crippen LogP contribution in [0.1, 0.15) is 41.7 Å². The number of hydrogen-bond acceptors (Lipinski definition) is 6. The van der Waals surface area contributed by atoms with Crippen molar-refractivity contribution in [1.82, 2.24) is 25.1 Å². The number of carbonyl (C=O) groups is 1. The molecule has 2 aliphatic heterocycles. The minimum atomic E-state index is -0.0533. The average Bonchev–Trinajstić information content (AvgIpc) is 3.06. The maximum Gasteiger partial charge on any atom is 0.274 e. The van der Waals surface area contributed by atoms with Crippen molar-refractivity contribution in [1.29, 1.82) is 0 Å². The number of ether oxygens (including phenoxy) is 1. The zero-order valence-corrected chi connectivity index (χ0v) is 14.5. The highest BCUT2D eigenvalue weighted by atomic mass is 16.5. The summed E-state index contributed by atoms with van der Waals surface area (Å²) in [6.45, 7) is 6.84. The summed E-state index contributed by atoms with van der Waals surface area (Å²) in [4.78, 5) is 25.2. The predicted octanol–water partition coefficient (Wildman–Crippen LogP) is 1.18. The van der Waals surface area contributed by atoms with Gasteiger partial charge in [0, 0.05) is 44.4 Å². The molecule has 4 rings (SSSR count). The fraction of sp³-hybridized carbons (Fsp3) is 0.529. The van der Waals surface area contributed by atoms with E-state index in [-0.39, 0.29) is 18.1 Å². The van der Waals surface area contributed by atoms with Crippen LogP contribution >= 0.6 is 0 Å². The maximum absolute atomic E-state index is 12.9. The van der Waals surface area contributed by atoms with Gasteiger partial charge in [0.2, 0.25) is 0 Å². The SMILES string of the molecule is C[C@@H]1Cc2c(C(=O)N3CCN(c4ccncn4)CC3)n[nH]c2[C@H](C)O1. The number of carbonyl (C=O) groups excluding carboxylic acids is 1. The number of hydrogen-bond donors (Lipinski definition) is 1. The van der Waals surface area contributed by atoms with Crippen LogP contribution in [0.15, 0.2) is 18.6 Å². The first-order chi connectivity index (χ1) is 12.1. The van der Waals surface area contributed by atoms with Gasteiger partial charge in [0.15, 0.2) is 5.69 Å². The third-order valence-corrected chi connectivity index (χ3v) is 4.89. The molecule has 0 spiro atoms. The monoisotopic (exact) mass is 342 g/mol. The average molecular weight is 342 g/mol. The van der Waals surface area contributed by atoms with Crippen molar-refractivity contribution in [2.24, 2.45) is 0 Å². The summed E-state index contributed by atoms with van der Waals surface area (Å²) in [5.41, 5.74) is 2.49. The van der Waals surface area contributed by atoms with E-state index in [1.54, 1.807) is 12.5 Å². The van der Waals surface area contributed by atoms with E-state index in [1.165, 1.54) is 0 Å². The Morgan fingerprint density at radius 2 is 2.08 bits per heavy atom. The summed E-state index contributed by atoms with van der Waals surface area (Å²) in [6, 6.07) is 1.89. The van der Waals surface area contributed by atoms with Crippen molar-refractivity contribution in [3.05, 3.63) is 35.5 Å². The van der Waals surface area contributed by atoms with Crippen molar-refractivity contribution in [2.75, 3.05) is 31.1 Å². The molecule has 2 aliphatic rings. The van der Waals surface area contributed by atoms with Gasteiger partial charge in [0.1, 0.15) is 12.1 Å². The van der Waals surface area contributed by atoms with Crippen LogP contribution < -0.4 is 4.90 Å². The van der Waals surface area contributed by atoms with Gasteiger partial charge < -0.3 is 14.5 Å². The molecule has 0 radical (unpaired) electrons. The molecule has 132 valence electrons. The molecule has 1 fully saturated rings. The van der Waals surface area contributed by atoms with E-state index in [0.717, 1.165) is 36.6 Å². The lowest BCUT2D eigenvalue weighted by molar-refractivity contribution is -0.00702. The quantitative estimate of drug-likeness (QED) is 0.882. The highest BCUT2D eigenvalue weighted by molar-refractivity contribution is 5.94. The molecule has 2 aromatic heterocycles. The lowest BCUT2D eigenvalue weighted by atomic mass is 9.99. The fourth-order valence-corrected chi connectivity index (χ4v) is 3.61. The normalized spacial score (nSPS) is 23.4. The number of piperazine rings is 1. The van der Waals surface area contributed by atoms with E-state index in [1.807, 2.05) is 24.8 Å². The predicted molar refractivity (Wildman–Crippen MR) is 91.4 cm³/mol. The van der Waals surface area contributed by atoms with Gasteiger partial charge >= 0.3 is 0 Å². The molecule has 2 aromatic rings. The van der Waals surface area contributed by atoms with Crippen LogP contribution in [0, 0.1) is 0 Å². The Hall–Kier alpha value is -2.48. The van der Waals surface area contributed by atoms with E-state index >= 15 is 0 Å². The smallest absolute Gasteiger partial charge is 0.274 e. The summed E-state index contributed by atoms with van der Waals surface area (Å²) < 4.78 is 5.80. The summed E-state index contributed by atoms with van der Waals surface area (Å²) in [7, 11) is 0. The van der Waals surface area contributed by atoms with Crippen molar-refractivity contribution in [3.63, 3.8) is 0 Å². The molecule has 1 amide bonds. The van der Waals surface area contributed by atoms with Crippen LogP contribution in [-0.4, -0.2) is 63.3 Å². The van der Waals surface area contributed by atoms with E-state index in [4.69, 9.17) is 4.74 Å². The molecule has 8 nitrogen and oxygen atoms in total. The highest BCUT2D eigenvalue weighted by Gasteiger charge is 2.32. The van der Waals surface area contributed by atoms with Crippen molar-refractivity contribution >= 4 is 11.7 Å². The topological polar surface area (TPSA) is 87.2 Å². The van der Waals surface area contributed by atoms with Gasteiger partial charge in [-0.1, -0.05) is 0 Å². The van der Waals surface area contributed by atoms with E-state index < -0.39 is 0 Å². The molecule has 4 heterocycles. The van der Waals surface area contributed by atoms with E-state index in [9.17, 15) is 4.79 Å². The highest BCUT2D eigenvalue weighted by Crippen LogP contribution is 2.30. The molecule has 1 saturated heterocycles. The summed E-state index contributed by atoms with van der Waals surface area (Å²) in [5.74, 6) is 0.903. The first-order valence-corrected chi connectivity index (χ1v) is 8.66. The second kappa shape index (κ2) is 6.44. The van der Waals surface area contributed by atoms with Gasteiger partial charge in [-0.2, -0.15) is 5.10 Å². The minimum Gasteiger partial charge on any atom is -0.369 e. The van der Waals surface area contributed by atoms with E-state index in [2.05, 4.69) is 25.1 Å². The molecule has 0 unspecified atom stereocenters. The Labute approximate surface area is 146 Å². The summed E-state index contributed by atoms with van der Waals surface area (Å²) in [5, 5.41) is 7.31. The number of fused-ring (bicyclic) bond motifs is 1. The molecule has 2 atom stereocenters. The number of amides is 1. The molecule has 25 heavy (non-hydrogen) atoms. The molecule has 0 aliphatic carbocycles. The lowest BCUT2D eigenvalue weighted by Crippen LogP contribution is -2.49. The van der Waals surface area contributed by atoms with Crippen molar-refractivity contribution in [3.8, 4) is 0 Å². The summed E-state index contributed by atoms with van der Waals surface area (Å²) in [6.07, 6.45) is 4.05. The van der Waals surface area contributed by atoms with Crippen LogP contribution in [0.25, 0.3) is 0 Å². The van der Waals surface area contributed by atoms with Gasteiger partial charge in [-0.25, -0.2) is 9.97 Å². The van der Waals surface area contributed by atoms with Gasteiger partial charge in [-0.3, -0.25) is 9.89 Å². The second-order valence-corrected chi connectivity index (χ2v) is 6.60. The molecule has 0 saturated carbocycles. The number of rotatable bonds is 2. The fourth-order valence-electron chi connectivity index (χ4n) is 3.61. The molecular weight excluding hydrogens is 320 g/mol. The number of aromatic nitrogens is 4. The first-order valence-electron chi connectivity index (χ1n) is 8.66. The van der Waals surface area contributed by atoms with Crippen LogP contribution in [0.5, 0.6) is 0 Å². The number of aromatic amines is 1. The third kappa shape index (κ3) is 2.97. The van der Waals surface area contributed by atoms with Crippen LogP contribution in [0.2, 0.25) is 0 Å². The van der Waals surface area contributed by atoms with Gasteiger partial charge in [0.05, 0.1) is 17.9 Å². The van der Waals surface area contributed by atoms with Crippen molar-refractivity contribution in [2.45, 2.75) is 32.5 Å². The molecule has 8 heteroatoms. The van der Waals surface area contributed by atoms with Crippen molar-refractivity contribution < 1.29 is 9.53 Å². The first kappa shape index (κ1) is 16.0. The minimum absolute atomic E-state index is 0.00105. The number of nitrogens with one attached hydrogen (secondary N) is 1. The van der Waals surface area contributed by atoms with Gasteiger partial charge in [-0.05, 0) is 19.9 Å². The third-order valence-electron chi connectivity index (χ3n) is 4.89. The van der Waals surface area contributed by atoms with Crippen LogP contribution in [0.3, 0.4) is 0 Å². The largest absolute Gasteiger partial charge is 0.369 e. The molecular formula is C17H22N6O2. The number of anilines is 1. The molecule has 0 bridgehead atoms. The lowest BCUT2D eigenvalue weighted by Gasteiger charge is -2.35. The Kier molecular flexibility index (Phi) is 4.12. The Morgan fingerprint density at radius 3 is 2.80 bits per heavy atom. The maximum atomic E-state index is 12.9. The van der Waals surface area contributed by atoms with E-state index in [0.29, 0.717) is 18.8 Å². The number of nitrogens with zero attached hydrogens (tertiary/aromatic N) is 5. The zero-order chi connectivity index (χ0) is 17.4. The standard InChI is InChI=1S/C17H22N6O2/c1-11-9-13-15(12(2)25-11)20-21-16(13)17(24)23-7-5-22(6-8-23)14-3-4-18-10-19-14/h3-4,10-12H,5-9H2,1-2H3,(H,20,21)/t11-,12+/m1/s1. The Balaban J connectivity index is 1.47.